The molecule has 2 atom stereocenters. The largest absolute Gasteiger partial charge is 0.468 e. The lowest BCUT2D eigenvalue weighted by Crippen LogP contribution is -2.43. The highest BCUT2D eigenvalue weighted by atomic mass is 35.5. The number of carbonyl (C=O) groups is 3. The molecule has 1 aromatic heterocycles. The zero-order chi connectivity index (χ0) is 24.2. The van der Waals surface area contributed by atoms with Crippen molar-refractivity contribution in [1.82, 2.24) is 19.7 Å². The Bertz CT molecular complexity index is 1120. The maximum Gasteiger partial charge on any atom is 0.327 e. The molecule has 1 saturated heterocycles. The zero-order valence-electron chi connectivity index (χ0n) is 19.6. The number of aromatic nitrogens is 3. The number of ketones is 1. The smallest absolute Gasteiger partial charge is 0.327 e. The van der Waals surface area contributed by atoms with Crippen molar-refractivity contribution in [2.75, 3.05) is 20.2 Å². The van der Waals surface area contributed by atoms with E-state index in [1.807, 2.05) is 4.90 Å². The summed E-state index contributed by atoms with van der Waals surface area (Å²) in [5, 5.41) is 4.21. The van der Waals surface area contributed by atoms with Crippen molar-refractivity contribution >= 4 is 47.1 Å². The van der Waals surface area contributed by atoms with Crippen molar-refractivity contribution in [3.05, 3.63) is 53.4 Å². The van der Waals surface area contributed by atoms with Crippen LogP contribution in [0.4, 0.5) is 4.39 Å². The molecular formula is C24H28ClFN4O4S. The summed E-state index contributed by atoms with van der Waals surface area (Å²) in [5.74, 6) is -0.426. The van der Waals surface area contributed by atoms with Gasteiger partial charge >= 0.3 is 5.97 Å². The average molecular weight is 523 g/mol. The number of esters is 1. The van der Waals surface area contributed by atoms with E-state index < -0.39 is 17.8 Å². The minimum Gasteiger partial charge on any atom is -0.468 e. The summed E-state index contributed by atoms with van der Waals surface area (Å²) in [4.78, 5) is 42.9. The van der Waals surface area contributed by atoms with Crippen LogP contribution in [0.5, 0.6) is 0 Å². The Morgan fingerprint density at radius 1 is 1.26 bits per heavy atom. The molecule has 2 heterocycles. The maximum absolute atomic E-state index is 14.8. The fourth-order valence-electron chi connectivity index (χ4n) is 4.21. The van der Waals surface area contributed by atoms with Crippen molar-refractivity contribution in [2.24, 2.45) is 5.92 Å². The van der Waals surface area contributed by atoms with Crippen molar-refractivity contribution < 1.29 is 23.5 Å². The number of piperidine rings is 1. The molecule has 0 amide bonds. The Balaban J connectivity index is 0.00000342. The number of likely N-dealkylation sites (tertiary alicyclic amines) is 1. The highest BCUT2D eigenvalue weighted by Gasteiger charge is 2.41. The number of methoxy groups -OCH3 is 1. The molecule has 2 unspecified atom stereocenters. The fourth-order valence-corrected chi connectivity index (χ4v) is 5.13. The van der Waals surface area contributed by atoms with Gasteiger partial charge < -0.3 is 4.74 Å². The summed E-state index contributed by atoms with van der Waals surface area (Å²) in [6.45, 7) is 2.41. The number of nitrogens with zero attached hydrogens (tertiary/aromatic N) is 4. The molecule has 0 bridgehead atoms. The van der Waals surface area contributed by atoms with Gasteiger partial charge in [0.1, 0.15) is 18.7 Å². The lowest BCUT2D eigenvalue weighted by molar-refractivity contribution is -0.141. The van der Waals surface area contributed by atoms with Crippen molar-refractivity contribution in [1.29, 1.82) is 0 Å². The first kappa shape index (κ1) is 27.0. The van der Waals surface area contributed by atoms with E-state index in [0.29, 0.717) is 30.9 Å². The summed E-state index contributed by atoms with van der Waals surface area (Å²) in [5.41, 5.74) is 1.27. The minimum atomic E-state index is -0.676. The monoisotopic (exact) mass is 522 g/mol. The topological polar surface area (TPSA) is 94.4 Å². The van der Waals surface area contributed by atoms with Gasteiger partial charge in [-0.1, -0.05) is 30.0 Å². The van der Waals surface area contributed by atoms with Crippen LogP contribution in [0.1, 0.15) is 43.6 Å². The summed E-state index contributed by atoms with van der Waals surface area (Å²) >= 11 is 1.23. The molecule has 0 spiro atoms. The Morgan fingerprint density at radius 3 is 2.66 bits per heavy atom. The van der Waals surface area contributed by atoms with Gasteiger partial charge in [-0.3, -0.25) is 19.3 Å². The van der Waals surface area contributed by atoms with E-state index in [-0.39, 0.29) is 41.0 Å². The lowest BCUT2D eigenvalue weighted by atomic mass is 9.93. The van der Waals surface area contributed by atoms with Gasteiger partial charge in [-0.2, -0.15) is 5.10 Å². The van der Waals surface area contributed by atoms with Crippen LogP contribution in [0.15, 0.2) is 36.2 Å². The molecule has 188 valence electrons. The Kier molecular flexibility index (Phi) is 9.21. The van der Waals surface area contributed by atoms with Gasteiger partial charge in [0.15, 0.2) is 16.7 Å². The van der Waals surface area contributed by atoms with Crippen LogP contribution >= 0.6 is 24.2 Å². The van der Waals surface area contributed by atoms with Crippen molar-refractivity contribution in [3.8, 4) is 0 Å². The standard InChI is InChI=1S/C24H27FN4O4S.ClH/c1-15(30)34-20-9-10-28(12-17(20)11-21-26-14-29(27-21)13-22(31)33-2)23(24(32)16-7-8-16)18-5-3-4-6-19(18)25;/h3-6,11,14,16,20,23H,7-10,12-13H2,1-2H3;1H/b17-11+;. The molecule has 0 N–H and O–H groups in total. The molecule has 1 aliphatic carbocycles. The quantitative estimate of drug-likeness (QED) is 0.486. The van der Waals surface area contributed by atoms with Gasteiger partial charge in [0.2, 0.25) is 0 Å². The van der Waals surface area contributed by atoms with Gasteiger partial charge in [0.25, 0.3) is 0 Å². The zero-order valence-corrected chi connectivity index (χ0v) is 21.2. The molecule has 2 aromatic rings. The highest BCUT2D eigenvalue weighted by molar-refractivity contribution is 8.14. The van der Waals surface area contributed by atoms with Crippen LogP contribution in [0.25, 0.3) is 6.08 Å². The van der Waals surface area contributed by atoms with Gasteiger partial charge in [-0.15, -0.1) is 12.4 Å². The van der Waals surface area contributed by atoms with Gasteiger partial charge in [0, 0.05) is 36.7 Å². The molecule has 11 heteroatoms. The maximum atomic E-state index is 14.8. The predicted molar refractivity (Wildman–Crippen MR) is 132 cm³/mol. The summed E-state index contributed by atoms with van der Waals surface area (Å²) in [6, 6.07) is 5.75. The molecular weight excluding hydrogens is 495 g/mol. The Morgan fingerprint density at radius 2 is 2.00 bits per heavy atom. The number of rotatable bonds is 8. The van der Waals surface area contributed by atoms with Crippen molar-refractivity contribution in [2.45, 2.75) is 44.0 Å². The van der Waals surface area contributed by atoms with E-state index in [9.17, 15) is 18.8 Å². The third-order valence-corrected chi connectivity index (χ3v) is 7.14. The van der Waals surface area contributed by atoms with Crippen LogP contribution in [-0.2, 0) is 25.7 Å². The Labute approximate surface area is 213 Å². The molecule has 2 aliphatic rings. The van der Waals surface area contributed by atoms with Crippen LogP contribution in [-0.4, -0.2) is 62.0 Å². The van der Waals surface area contributed by atoms with Gasteiger partial charge in [-0.25, -0.2) is 14.1 Å². The summed E-state index contributed by atoms with van der Waals surface area (Å²) in [7, 11) is 1.30. The number of hydrogen-bond acceptors (Lipinski definition) is 8. The van der Waals surface area contributed by atoms with E-state index >= 15 is 0 Å². The number of thioether (sulfide) groups is 1. The second kappa shape index (κ2) is 11.9. The first-order valence-corrected chi connectivity index (χ1v) is 12.1. The van der Waals surface area contributed by atoms with E-state index in [0.717, 1.165) is 18.4 Å². The molecule has 8 nitrogen and oxygen atoms in total. The summed E-state index contributed by atoms with van der Waals surface area (Å²) in [6.07, 6.45) is 5.54. The highest BCUT2D eigenvalue weighted by Crippen LogP contribution is 2.40. The molecule has 4 rings (SSSR count). The molecule has 2 fully saturated rings. The first-order chi connectivity index (χ1) is 16.4. The average Bonchev–Trinajstić information content (AvgIpc) is 3.57. The van der Waals surface area contributed by atoms with Crippen LogP contribution in [0, 0.1) is 11.7 Å². The fraction of sp³-hybridized carbons (Fsp3) is 0.458. The molecule has 0 radical (unpaired) electrons. The minimum absolute atomic E-state index is 0. The van der Waals surface area contributed by atoms with Crippen molar-refractivity contribution in [3.63, 3.8) is 0 Å². The van der Waals surface area contributed by atoms with E-state index in [4.69, 9.17) is 0 Å². The summed E-state index contributed by atoms with van der Waals surface area (Å²) < 4.78 is 20.8. The number of hydrogen-bond donors (Lipinski definition) is 0. The number of benzene rings is 1. The van der Waals surface area contributed by atoms with E-state index in [2.05, 4.69) is 14.8 Å². The third kappa shape index (κ3) is 6.77. The van der Waals surface area contributed by atoms with E-state index in [1.165, 1.54) is 42.9 Å². The van der Waals surface area contributed by atoms with Gasteiger partial charge in [0.05, 0.1) is 13.2 Å². The number of Topliss-reactive ketones (excluding diaryl/α,β-unsaturated/α-hetero) is 1. The van der Waals surface area contributed by atoms with Gasteiger partial charge in [-0.05, 0) is 37.0 Å². The predicted octanol–water partition coefficient (Wildman–Crippen LogP) is 3.47. The number of halogens is 2. The SMILES string of the molecule is COC(=O)Cn1cnc(/C=C2\CN(C(C(=O)C3CC3)c3ccccc3F)CCC2SC(C)=O)n1.Cl. The Hall–Kier alpha value is -2.56. The van der Waals surface area contributed by atoms with Crippen LogP contribution in [0.2, 0.25) is 0 Å². The number of carbonyl (C=O) groups excluding carboxylic acids is 3. The normalized spacial score (nSPS) is 20.2. The molecule has 35 heavy (non-hydrogen) atoms. The molecule has 1 aliphatic heterocycles. The lowest BCUT2D eigenvalue weighted by Gasteiger charge is -2.38. The first-order valence-electron chi connectivity index (χ1n) is 11.2. The second-order valence-corrected chi connectivity index (χ2v) is 9.93. The van der Waals surface area contributed by atoms with Crippen LogP contribution < -0.4 is 0 Å². The second-order valence-electron chi connectivity index (χ2n) is 8.55. The molecule has 1 aromatic carbocycles. The van der Waals surface area contributed by atoms with E-state index in [1.54, 1.807) is 24.3 Å². The molecule has 1 saturated carbocycles. The number of ether oxygens (including phenoxy) is 1. The van der Waals surface area contributed by atoms with Crippen LogP contribution in [0.3, 0.4) is 0 Å². The third-order valence-electron chi connectivity index (χ3n) is 5.99.